The van der Waals surface area contributed by atoms with E-state index in [4.69, 9.17) is 4.74 Å². The predicted molar refractivity (Wildman–Crippen MR) is 75.1 cm³/mol. The van der Waals surface area contributed by atoms with Crippen molar-refractivity contribution in [2.75, 3.05) is 52.4 Å². The zero-order valence-electron chi connectivity index (χ0n) is 12.4. The number of amides is 1. The van der Waals surface area contributed by atoms with E-state index in [0.717, 1.165) is 45.8 Å². The molecule has 0 bridgehead atoms. The second kappa shape index (κ2) is 6.20. The van der Waals surface area contributed by atoms with Crippen molar-refractivity contribution >= 4 is 5.91 Å². The van der Waals surface area contributed by atoms with Crippen molar-refractivity contribution in [3.05, 3.63) is 0 Å². The van der Waals surface area contributed by atoms with Gasteiger partial charge in [0.1, 0.15) is 6.61 Å². The molecule has 110 valence electrons. The molecule has 0 spiro atoms. The van der Waals surface area contributed by atoms with Crippen LogP contribution < -0.4 is 5.32 Å². The van der Waals surface area contributed by atoms with Gasteiger partial charge in [0.15, 0.2) is 0 Å². The van der Waals surface area contributed by atoms with Crippen LogP contribution in [-0.2, 0) is 9.53 Å². The van der Waals surface area contributed by atoms with E-state index >= 15 is 0 Å². The fourth-order valence-corrected chi connectivity index (χ4v) is 2.60. The highest BCUT2D eigenvalue weighted by Gasteiger charge is 2.33. The number of piperazine rings is 1. The van der Waals surface area contributed by atoms with Crippen molar-refractivity contribution in [3.63, 3.8) is 0 Å². The second-order valence-electron chi connectivity index (χ2n) is 6.42. The maximum atomic E-state index is 12.1. The molecule has 0 aromatic rings. The molecule has 0 aliphatic carbocycles. The molecular formula is C14H27N3O2. The Morgan fingerprint density at radius 3 is 2.37 bits per heavy atom. The number of nitrogens with zero attached hydrogens (tertiary/aromatic N) is 2. The third-order valence-electron chi connectivity index (χ3n) is 3.89. The van der Waals surface area contributed by atoms with Crippen molar-refractivity contribution < 1.29 is 9.53 Å². The largest absolute Gasteiger partial charge is 0.363 e. The van der Waals surface area contributed by atoms with E-state index in [1.165, 1.54) is 0 Å². The Morgan fingerprint density at radius 1 is 1.26 bits per heavy atom. The molecule has 1 N–H and O–H groups in total. The lowest BCUT2D eigenvalue weighted by Gasteiger charge is -2.40. The Bertz CT molecular complexity index is 308. The molecule has 2 fully saturated rings. The van der Waals surface area contributed by atoms with Gasteiger partial charge in [-0.3, -0.25) is 9.69 Å². The van der Waals surface area contributed by atoms with E-state index in [9.17, 15) is 4.79 Å². The van der Waals surface area contributed by atoms with Crippen LogP contribution in [0.3, 0.4) is 0 Å². The number of hydrogen-bond donors (Lipinski definition) is 1. The minimum atomic E-state index is -0.130. The number of ether oxygens (including phenoxy) is 1. The molecule has 0 aromatic heterocycles. The van der Waals surface area contributed by atoms with Gasteiger partial charge in [0, 0.05) is 45.8 Å². The molecule has 2 rings (SSSR count). The number of carbonyl (C=O) groups is 1. The van der Waals surface area contributed by atoms with E-state index in [1.807, 2.05) is 4.90 Å². The van der Waals surface area contributed by atoms with Gasteiger partial charge < -0.3 is 15.0 Å². The van der Waals surface area contributed by atoms with Crippen molar-refractivity contribution in [2.24, 2.45) is 5.92 Å². The Labute approximate surface area is 116 Å². The molecule has 0 radical (unpaired) electrons. The quantitative estimate of drug-likeness (QED) is 0.772. The molecule has 2 saturated heterocycles. The van der Waals surface area contributed by atoms with Crippen LogP contribution in [-0.4, -0.2) is 73.7 Å². The summed E-state index contributed by atoms with van der Waals surface area (Å²) in [6, 6.07) is 0. The van der Waals surface area contributed by atoms with E-state index in [-0.39, 0.29) is 18.1 Å². The lowest BCUT2D eigenvalue weighted by Crippen LogP contribution is -2.60. The molecule has 0 atom stereocenters. The Morgan fingerprint density at radius 2 is 1.89 bits per heavy atom. The van der Waals surface area contributed by atoms with Crippen LogP contribution in [0.4, 0.5) is 0 Å². The molecule has 5 nitrogen and oxygen atoms in total. The van der Waals surface area contributed by atoms with Crippen LogP contribution in [0.1, 0.15) is 20.8 Å². The number of carbonyl (C=O) groups excluding carboxylic acids is 1. The minimum Gasteiger partial charge on any atom is -0.363 e. The summed E-state index contributed by atoms with van der Waals surface area (Å²) < 4.78 is 5.70. The van der Waals surface area contributed by atoms with Gasteiger partial charge in [-0.2, -0.15) is 0 Å². The van der Waals surface area contributed by atoms with Crippen molar-refractivity contribution in [2.45, 2.75) is 26.4 Å². The second-order valence-corrected chi connectivity index (χ2v) is 6.42. The van der Waals surface area contributed by atoms with Gasteiger partial charge in [-0.05, 0) is 12.8 Å². The van der Waals surface area contributed by atoms with Gasteiger partial charge >= 0.3 is 0 Å². The summed E-state index contributed by atoms with van der Waals surface area (Å²) in [6.45, 7) is 13.2. The molecule has 2 heterocycles. The zero-order valence-corrected chi connectivity index (χ0v) is 12.4. The van der Waals surface area contributed by atoms with Crippen LogP contribution in [0.15, 0.2) is 0 Å². The van der Waals surface area contributed by atoms with Crippen LogP contribution in [0.25, 0.3) is 0 Å². The SMILES string of the molecule is CC(C)CN1CCN(C(=O)COC2(C)CNC2)CC1. The first-order valence-electron chi connectivity index (χ1n) is 7.33. The van der Waals surface area contributed by atoms with E-state index in [1.54, 1.807) is 0 Å². The zero-order chi connectivity index (χ0) is 13.9. The lowest BCUT2D eigenvalue weighted by atomic mass is 10.0. The molecule has 0 aromatic carbocycles. The summed E-state index contributed by atoms with van der Waals surface area (Å²) >= 11 is 0. The summed E-state index contributed by atoms with van der Waals surface area (Å²) in [6.07, 6.45) is 0. The van der Waals surface area contributed by atoms with Gasteiger partial charge in [-0.25, -0.2) is 0 Å². The third kappa shape index (κ3) is 4.16. The normalized spacial score (nSPS) is 23.5. The summed E-state index contributed by atoms with van der Waals surface area (Å²) in [7, 11) is 0. The van der Waals surface area contributed by atoms with Gasteiger partial charge in [-0.1, -0.05) is 13.8 Å². The van der Waals surface area contributed by atoms with Gasteiger partial charge in [0.05, 0.1) is 5.60 Å². The first-order valence-corrected chi connectivity index (χ1v) is 7.33. The highest BCUT2D eigenvalue weighted by molar-refractivity contribution is 5.77. The highest BCUT2D eigenvalue weighted by atomic mass is 16.5. The smallest absolute Gasteiger partial charge is 0.248 e. The molecule has 0 saturated carbocycles. The van der Waals surface area contributed by atoms with Crippen LogP contribution in [0.2, 0.25) is 0 Å². The molecule has 2 aliphatic heterocycles. The third-order valence-corrected chi connectivity index (χ3v) is 3.89. The Kier molecular flexibility index (Phi) is 4.81. The van der Waals surface area contributed by atoms with E-state index < -0.39 is 0 Å². The van der Waals surface area contributed by atoms with Crippen molar-refractivity contribution in [1.82, 2.24) is 15.1 Å². The molecule has 19 heavy (non-hydrogen) atoms. The summed E-state index contributed by atoms with van der Waals surface area (Å²) in [5.41, 5.74) is -0.130. The number of hydrogen-bond acceptors (Lipinski definition) is 4. The standard InChI is InChI=1S/C14H27N3O2/c1-12(2)8-16-4-6-17(7-5-16)13(18)9-19-14(3)10-15-11-14/h12,15H,4-11H2,1-3H3. The lowest BCUT2D eigenvalue weighted by molar-refractivity contribution is -0.147. The number of nitrogens with one attached hydrogen (secondary N) is 1. The average molecular weight is 269 g/mol. The first kappa shape index (κ1) is 14.8. The van der Waals surface area contributed by atoms with Crippen LogP contribution >= 0.6 is 0 Å². The van der Waals surface area contributed by atoms with Crippen LogP contribution in [0.5, 0.6) is 0 Å². The van der Waals surface area contributed by atoms with E-state index in [0.29, 0.717) is 5.92 Å². The van der Waals surface area contributed by atoms with Gasteiger partial charge in [0.25, 0.3) is 0 Å². The van der Waals surface area contributed by atoms with E-state index in [2.05, 4.69) is 31.0 Å². The summed E-state index contributed by atoms with van der Waals surface area (Å²) in [5.74, 6) is 0.828. The summed E-state index contributed by atoms with van der Waals surface area (Å²) in [4.78, 5) is 16.4. The monoisotopic (exact) mass is 269 g/mol. The van der Waals surface area contributed by atoms with Gasteiger partial charge in [-0.15, -0.1) is 0 Å². The maximum Gasteiger partial charge on any atom is 0.248 e. The summed E-state index contributed by atoms with van der Waals surface area (Å²) in [5, 5.41) is 3.17. The first-order chi connectivity index (χ1) is 8.98. The maximum absolute atomic E-state index is 12.1. The predicted octanol–water partition coefficient (Wildman–Crippen LogP) is 0.165. The van der Waals surface area contributed by atoms with Gasteiger partial charge in [0.2, 0.25) is 5.91 Å². The minimum absolute atomic E-state index is 0.130. The fourth-order valence-electron chi connectivity index (χ4n) is 2.60. The number of rotatable bonds is 5. The van der Waals surface area contributed by atoms with Crippen molar-refractivity contribution in [1.29, 1.82) is 0 Å². The fraction of sp³-hybridized carbons (Fsp3) is 0.929. The topological polar surface area (TPSA) is 44.8 Å². The molecule has 2 aliphatic rings. The molecule has 5 heteroatoms. The van der Waals surface area contributed by atoms with Crippen molar-refractivity contribution in [3.8, 4) is 0 Å². The highest BCUT2D eigenvalue weighted by Crippen LogP contribution is 2.15. The Hall–Kier alpha value is -0.650. The molecular weight excluding hydrogens is 242 g/mol. The molecule has 0 unspecified atom stereocenters. The Balaban J connectivity index is 1.67. The van der Waals surface area contributed by atoms with Crippen LogP contribution in [0, 0.1) is 5.92 Å². The molecule has 1 amide bonds. The average Bonchev–Trinajstić information content (AvgIpc) is 2.34.